The van der Waals surface area contributed by atoms with Gasteiger partial charge >= 0.3 is 0 Å². The highest BCUT2D eigenvalue weighted by Gasteiger charge is 2.12. The van der Waals surface area contributed by atoms with Crippen molar-refractivity contribution in [2.24, 2.45) is 7.05 Å². The summed E-state index contributed by atoms with van der Waals surface area (Å²) in [5.74, 6) is 1.08. The second-order valence-corrected chi connectivity index (χ2v) is 4.03. The standard InChI is InChI=1S/C12H17N3/c1-8-5-6-11-10(7-8)14-12(15(11)4)9(2)13-3/h5-7,9,13H,1-4H3. The molecule has 15 heavy (non-hydrogen) atoms. The van der Waals surface area contributed by atoms with E-state index >= 15 is 0 Å². The number of imidazole rings is 1. The molecule has 2 aromatic rings. The lowest BCUT2D eigenvalue weighted by Gasteiger charge is -2.09. The van der Waals surface area contributed by atoms with Crippen LogP contribution in [0.2, 0.25) is 0 Å². The Hall–Kier alpha value is -1.35. The lowest BCUT2D eigenvalue weighted by Crippen LogP contribution is -2.16. The zero-order valence-corrected chi connectivity index (χ0v) is 9.70. The second-order valence-electron chi connectivity index (χ2n) is 4.03. The minimum Gasteiger partial charge on any atom is -0.330 e. The molecule has 0 spiro atoms. The average molecular weight is 203 g/mol. The number of hydrogen-bond acceptors (Lipinski definition) is 2. The Balaban J connectivity index is 2.63. The van der Waals surface area contributed by atoms with E-state index in [2.05, 4.69) is 54.0 Å². The van der Waals surface area contributed by atoms with E-state index in [4.69, 9.17) is 0 Å². The Kier molecular flexibility index (Phi) is 2.49. The van der Waals surface area contributed by atoms with Crippen LogP contribution in [-0.4, -0.2) is 16.6 Å². The first-order valence-corrected chi connectivity index (χ1v) is 5.23. The second kappa shape index (κ2) is 3.66. The summed E-state index contributed by atoms with van der Waals surface area (Å²) in [5, 5.41) is 3.21. The number of benzene rings is 1. The molecule has 1 N–H and O–H groups in total. The number of hydrogen-bond donors (Lipinski definition) is 1. The quantitative estimate of drug-likeness (QED) is 0.810. The molecule has 0 aliphatic heterocycles. The van der Waals surface area contributed by atoms with Gasteiger partial charge in [0.2, 0.25) is 0 Å². The van der Waals surface area contributed by atoms with Crippen molar-refractivity contribution in [3.05, 3.63) is 29.6 Å². The average Bonchev–Trinajstić information content (AvgIpc) is 2.54. The smallest absolute Gasteiger partial charge is 0.126 e. The Morgan fingerprint density at radius 2 is 2.13 bits per heavy atom. The molecule has 0 aliphatic carbocycles. The molecule has 1 aromatic heterocycles. The third-order valence-electron chi connectivity index (χ3n) is 2.89. The van der Waals surface area contributed by atoms with Crippen LogP contribution in [0.1, 0.15) is 24.4 Å². The molecule has 3 nitrogen and oxygen atoms in total. The summed E-state index contributed by atoms with van der Waals surface area (Å²) in [4.78, 5) is 4.64. The van der Waals surface area contributed by atoms with Crippen LogP contribution < -0.4 is 5.32 Å². The number of fused-ring (bicyclic) bond motifs is 1. The van der Waals surface area contributed by atoms with E-state index in [1.54, 1.807) is 0 Å². The molecule has 1 heterocycles. The maximum Gasteiger partial charge on any atom is 0.126 e. The van der Waals surface area contributed by atoms with Gasteiger partial charge in [-0.3, -0.25) is 0 Å². The molecule has 0 amide bonds. The molecule has 3 heteroatoms. The number of nitrogens with one attached hydrogen (secondary N) is 1. The summed E-state index contributed by atoms with van der Waals surface area (Å²) < 4.78 is 2.15. The van der Waals surface area contributed by atoms with Crippen LogP contribution >= 0.6 is 0 Å². The fourth-order valence-electron chi connectivity index (χ4n) is 1.84. The normalized spacial score (nSPS) is 13.3. The van der Waals surface area contributed by atoms with E-state index in [0.717, 1.165) is 11.3 Å². The fraction of sp³-hybridized carbons (Fsp3) is 0.417. The zero-order chi connectivity index (χ0) is 11.0. The van der Waals surface area contributed by atoms with Gasteiger partial charge < -0.3 is 9.88 Å². The Morgan fingerprint density at radius 1 is 1.40 bits per heavy atom. The molecule has 0 saturated carbocycles. The predicted molar refractivity (Wildman–Crippen MR) is 62.9 cm³/mol. The Bertz CT molecular complexity index is 485. The molecule has 0 saturated heterocycles. The third kappa shape index (κ3) is 1.63. The van der Waals surface area contributed by atoms with Gasteiger partial charge in [-0.05, 0) is 38.6 Å². The van der Waals surface area contributed by atoms with E-state index in [1.165, 1.54) is 11.1 Å². The van der Waals surface area contributed by atoms with E-state index in [9.17, 15) is 0 Å². The lowest BCUT2D eigenvalue weighted by molar-refractivity contribution is 0.590. The van der Waals surface area contributed by atoms with Crippen LogP contribution in [0.25, 0.3) is 11.0 Å². The first-order chi connectivity index (χ1) is 7.13. The van der Waals surface area contributed by atoms with Crippen molar-refractivity contribution in [2.75, 3.05) is 7.05 Å². The number of nitrogens with zero attached hydrogens (tertiary/aromatic N) is 2. The highest BCUT2D eigenvalue weighted by Crippen LogP contribution is 2.20. The maximum atomic E-state index is 4.64. The molecule has 0 fully saturated rings. The van der Waals surface area contributed by atoms with Crippen LogP contribution in [-0.2, 0) is 7.05 Å². The maximum absolute atomic E-state index is 4.64. The van der Waals surface area contributed by atoms with Crippen LogP contribution in [0.15, 0.2) is 18.2 Å². The highest BCUT2D eigenvalue weighted by molar-refractivity contribution is 5.76. The van der Waals surface area contributed by atoms with Crippen molar-refractivity contribution in [3.63, 3.8) is 0 Å². The van der Waals surface area contributed by atoms with Gasteiger partial charge in [0.05, 0.1) is 17.1 Å². The van der Waals surface area contributed by atoms with Gasteiger partial charge in [0, 0.05) is 7.05 Å². The summed E-state index contributed by atoms with van der Waals surface area (Å²) in [7, 11) is 4.02. The van der Waals surface area contributed by atoms with Crippen molar-refractivity contribution in [2.45, 2.75) is 19.9 Å². The molecule has 80 valence electrons. The van der Waals surface area contributed by atoms with Gasteiger partial charge in [0.25, 0.3) is 0 Å². The molecule has 2 rings (SSSR count). The summed E-state index contributed by atoms with van der Waals surface area (Å²) in [6.07, 6.45) is 0. The van der Waals surface area contributed by atoms with Gasteiger partial charge in [-0.1, -0.05) is 6.07 Å². The predicted octanol–water partition coefficient (Wildman–Crippen LogP) is 2.16. The number of aromatic nitrogens is 2. The van der Waals surface area contributed by atoms with Crippen LogP contribution in [0.3, 0.4) is 0 Å². The summed E-state index contributed by atoms with van der Waals surface area (Å²) in [5.41, 5.74) is 3.52. The molecule has 1 atom stereocenters. The van der Waals surface area contributed by atoms with Crippen molar-refractivity contribution < 1.29 is 0 Å². The SMILES string of the molecule is CNC(C)c1nc2cc(C)ccc2n1C. The van der Waals surface area contributed by atoms with Gasteiger partial charge in [0.15, 0.2) is 0 Å². The minimum atomic E-state index is 0.280. The minimum absolute atomic E-state index is 0.280. The summed E-state index contributed by atoms with van der Waals surface area (Å²) in [6, 6.07) is 6.66. The summed E-state index contributed by atoms with van der Waals surface area (Å²) in [6.45, 7) is 4.21. The van der Waals surface area contributed by atoms with Gasteiger partial charge in [0.1, 0.15) is 5.82 Å². The third-order valence-corrected chi connectivity index (χ3v) is 2.89. The van der Waals surface area contributed by atoms with Crippen molar-refractivity contribution in [1.29, 1.82) is 0 Å². The van der Waals surface area contributed by atoms with Crippen LogP contribution in [0.5, 0.6) is 0 Å². The van der Waals surface area contributed by atoms with E-state index in [-0.39, 0.29) is 6.04 Å². The monoisotopic (exact) mass is 203 g/mol. The van der Waals surface area contributed by atoms with Gasteiger partial charge in [-0.25, -0.2) is 4.98 Å². The molecule has 0 radical (unpaired) electrons. The largest absolute Gasteiger partial charge is 0.330 e. The topological polar surface area (TPSA) is 29.9 Å². The lowest BCUT2D eigenvalue weighted by atomic mass is 10.2. The molecule has 0 aliphatic rings. The summed E-state index contributed by atoms with van der Waals surface area (Å²) >= 11 is 0. The van der Waals surface area contributed by atoms with Crippen molar-refractivity contribution >= 4 is 11.0 Å². The molecule has 1 aromatic carbocycles. The zero-order valence-electron chi connectivity index (χ0n) is 9.70. The molecule has 0 bridgehead atoms. The molecular weight excluding hydrogens is 186 g/mol. The number of aryl methyl sites for hydroxylation is 2. The fourth-order valence-corrected chi connectivity index (χ4v) is 1.84. The van der Waals surface area contributed by atoms with Gasteiger partial charge in [-0.15, -0.1) is 0 Å². The van der Waals surface area contributed by atoms with Crippen LogP contribution in [0, 0.1) is 6.92 Å². The van der Waals surface area contributed by atoms with Crippen molar-refractivity contribution in [3.8, 4) is 0 Å². The van der Waals surface area contributed by atoms with E-state index in [1.807, 2.05) is 7.05 Å². The Labute approximate surface area is 90.1 Å². The van der Waals surface area contributed by atoms with Crippen LogP contribution in [0.4, 0.5) is 0 Å². The van der Waals surface area contributed by atoms with E-state index < -0.39 is 0 Å². The van der Waals surface area contributed by atoms with Gasteiger partial charge in [-0.2, -0.15) is 0 Å². The van der Waals surface area contributed by atoms with Crippen molar-refractivity contribution in [1.82, 2.24) is 14.9 Å². The first kappa shape index (κ1) is 10.2. The first-order valence-electron chi connectivity index (χ1n) is 5.23. The Morgan fingerprint density at radius 3 is 2.80 bits per heavy atom. The number of rotatable bonds is 2. The molecule has 1 unspecified atom stereocenters. The van der Waals surface area contributed by atoms with E-state index in [0.29, 0.717) is 0 Å². The molecular formula is C12H17N3. The highest BCUT2D eigenvalue weighted by atomic mass is 15.1.